The van der Waals surface area contributed by atoms with Crippen molar-refractivity contribution in [3.05, 3.63) is 17.0 Å². The van der Waals surface area contributed by atoms with Crippen LogP contribution >= 0.6 is 11.3 Å². The standard InChI is InChI=1S/C13H20N2O3S/c1-4-13(14,5-2)12(17)15-10-9(7-8-19-10)11(16)18-6-3/h7-8H,4-6,14H2,1-3H3,(H,15,17). The molecule has 0 unspecified atom stereocenters. The van der Waals surface area contributed by atoms with Crippen molar-refractivity contribution < 1.29 is 14.3 Å². The van der Waals surface area contributed by atoms with Crippen molar-refractivity contribution in [1.29, 1.82) is 0 Å². The van der Waals surface area contributed by atoms with E-state index in [4.69, 9.17) is 10.5 Å². The Bertz CT molecular complexity index is 452. The normalized spacial score (nSPS) is 11.2. The van der Waals surface area contributed by atoms with E-state index in [1.54, 1.807) is 18.4 Å². The van der Waals surface area contributed by atoms with Gasteiger partial charge in [0.1, 0.15) is 5.00 Å². The third kappa shape index (κ3) is 3.54. The smallest absolute Gasteiger partial charge is 0.341 e. The maximum absolute atomic E-state index is 12.1. The zero-order valence-electron chi connectivity index (χ0n) is 11.5. The first kappa shape index (κ1) is 15.7. The number of carbonyl (C=O) groups excluding carboxylic acids is 2. The van der Waals surface area contributed by atoms with Gasteiger partial charge in [-0.3, -0.25) is 4.79 Å². The van der Waals surface area contributed by atoms with Crippen LogP contribution in [0.25, 0.3) is 0 Å². The highest BCUT2D eigenvalue weighted by atomic mass is 32.1. The van der Waals surface area contributed by atoms with Crippen molar-refractivity contribution in [1.82, 2.24) is 0 Å². The molecule has 0 atom stereocenters. The molecule has 0 aliphatic heterocycles. The number of rotatable bonds is 6. The van der Waals surface area contributed by atoms with E-state index in [0.29, 0.717) is 30.0 Å². The van der Waals surface area contributed by atoms with Crippen molar-refractivity contribution in [2.45, 2.75) is 39.2 Å². The number of nitrogens with one attached hydrogen (secondary N) is 1. The van der Waals surface area contributed by atoms with E-state index in [-0.39, 0.29) is 5.91 Å². The van der Waals surface area contributed by atoms with Crippen LogP contribution in [0.3, 0.4) is 0 Å². The predicted molar refractivity (Wildman–Crippen MR) is 76.4 cm³/mol. The molecule has 0 aliphatic carbocycles. The van der Waals surface area contributed by atoms with Gasteiger partial charge in [-0.05, 0) is 31.2 Å². The second-order valence-electron chi connectivity index (χ2n) is 4.20. The summed E-state index contributed by atoms with van der Waals surface area (Å²) in [6.07, 6.45) is 1.07. The molecule has 0 saturated heterocycles. The number of thiophene rings is 1. The van der Waals surface area contributed by atoms with Gasteiger partial charge in [0.25, 0.3) is 0 Å². The molecule has 0 aliphatic rings. The van der Waals surface area contributed by atoms with Crippen molar-refractivity contribution in [3.8, 4) is 0 Å². The quantitative estimate of drug-likeness (QED) is 0.786. The SMILES string of the molecule is CCOC(=O)c1ccsc1NC(=O)C(N)(CC)CC. The Hall–Kier alpha value is -1.40. The van der Waals surface area contributed by atoms with Crippen molar-refractivity contribution >= 4 is 28.2 Å². The Balaban J connectivity index is 2.86. The molecule has 1 heterocycles. The molecule has 5 nitrogen and oxygen atoms in total. The maximum Gasteiger partial charge on any atom is 0.341 e. The fourth-order valence-corrected chi connectivity index (χ4v) is 2.34. The molecule has 0 bridgehead atoms. The number of ether oxygens (including phenoxy) is 1. The van der Waals surface area contributed by atoms with Crippen molar-refractivity contribution in [2.24, 2.45) is 5.73 Å². The van der Waals surface area contributed by atoms with Crippen LogP contribution in [0.1, 0.15) is 44.0 Å². The maximum atomic E-state index is 12.1. The summed E-state index contributed by atoms with van der Waals surface area (Å²) in [5, 5.41) is 4.95. The molecule has 106 valence electrons. The van der Waals surface area contributed by atoms with Gasteiger partial charge in [0.05, 0.1) is 17.7 Å². The van der Waals surface area contributed by atoms with Gasteiger partial charge in [0, 0.05) is 0 Å². The monoisotopic (exact) mass is 284 g/mol. The van der Waals surface area contributed by atoms with Gasteiger partial charge < -0.3 is 15.8 Å². The summed E-state index contributed by atoms with van der Waals surface area (Å²) in [6, 6.07) is 1.63. The Kier molecular flexibility index (Phi) is 5.50. The number of hydrogen-bond donors (Lipinski definition) is 2. The van der Waals surface area contributed by atoms with E-state index >= 15 is 0 Å². The Morgan fingerprint density at radius 2 is 2.00 bits per heavy atom. The largest absolute Gasteiger partial charge is 0.462 e. The molecular formula is C13H20N2O3S. The summed E-state index contributed by atoms with van der Waals surface area (Å²) in [6.45, 7) is 5.77. The van der Waals surface area contributed by atoms with Crippen LogP contribution < -0.4 is 11.1 Å². The highest BCUT2D eigenvalue weighted by molar-refractivity contribution is 7.14. The highest BCUT2D eigenvalue weighted by Crippen LogP contribution is 2.25. The average Bonchev–Trinajstić information content (AvgIpc) is 2.86. The molecule has 0 spiro atoms. The summed E-state index contributed by atoms with van der Waals surface area (Å²) >= 11 is 1.28. The fraction of sp³-hybridized carbons (Fsp3) is 0.538. The van der Waals surface area contributed by atoms with E-state index in [0.717, 1.165) is 0 Å². The summed E-state index contributed by atoms with van der Waals surface area (Å²) in [5.41, 5.74) is 5.48. The first-order chi connectivity index (χ1) is 8.98. The number of carbonyl (C=O) groups is 2. The van der Waals surface area contributed by atoms with Gasteiger partial charge in [-0.1, -0.05) is 13.8 Å². The molecule has 0 saturated carbocycles. The molecule has 0 aromatic carbocycles. The second kappa shape index (κ2) is 6.68. The summed E-state index contributed by atoms with van der Waals surface area (Å²) in [4.78, 5) is 23.8. The van der Waals surface area contributed by atoms with Crippen LogP contribution in [0.2, 0.25) is 0 Å². The number of anilines is 1. The summed E-state index contributed by atoms with van der Waals surface area (Å²) in [7, 11) is 0. The van der Waals surface area contributed by atoms with Gasteiger partial charge in [0.2, 0.25) is 5.91 Å². The van der Waals surface area contributed by atoms with Crippen LogP contribution in [0.15, 0.2) is 11.4 Å². The van der Waals surface area contributed by atoms with E-state index < -0.39 is 11.5 Å². The molecular weight excluding hydrogens is 264 g/mol. The number of hydrogen-bond acceptors (Lipinski definition) is 5. The molecule has 19 heavy (non-hydrogen) atoms. The third-order valence-corrected chi connectivity index (χ3v) is 3.93. The van der Waals surface area contributed by atoms with Gasteiger partial charge in [0.15, 0.2) is 0 Å². The average molecular weight is 284 g/mol. The van der Waals surface area contributed by atoms with Crippen molar-refractivity contribution in [3.63, 3.8) is 0 Å². The second-order valence-corrected chi connectivity index (χ2v) is 5.12. The van der Waals surface area contributed by atoms with Crippen molar-refractivity contribution in [2.75, 3.05) is 11.9 Å². The van der Waals surface area contributed by atoms with E-state index in [9.17, 15) is 9.59 Å². The van der Waals surface area contributed by atoms with E-state index in [1.165, 1.54) is 11.3 Å². The Morgan fingerprint density at radius 1 is 1.37 bits per heavy atom. The molecule has 3 N–H and O–H groups in total. The summed E-state index contributed by atoms with van der Waals surface area (Å²) in [5.74, 6) is -0.708. The van der Waals surface area contributed by atoms with E-state index in [2.05, 4.69) is 5.32 Å². The van der Waals surface area contributed by atoms with Gasteiger partial charge in [-0.25, -0.2) is 4.79 Å². The number of esters is 1. The zero-order chi connectivity index (χ0) is 14.5. The Morgan fingerprint density at radius 3 is 2.53 bits per heavy atom. The van der Waals surface area contributed by atoms with Gasteiger partial charge in [-0.2, -0.15) is 0 Å². The molecule has 1 aromatic heterocycles. The lowest BCUT2D eigenvalue weighted by Crippen LogP contribution is -2.50. The minimum Gasteiger partial charge on any atom is -0.462 e. The Labute approximate surface area is 117 Å². The van der Waals surface area contributed by atoms with Crippen LogP contribution in [-0.4, -0.2) is 24.0 Å². The molecule has 0 radical (unpaired) electrons. The molecule has 1 rings (SSSR count). The van der Waals surface area contributed by atoms with E-state index in [1.807, 2.05) is 13.8 Å². The molecule has 0 fully saturated rings. The minimum absolute atomic E-state index is 0.273. The molecule has 1 amide bonds. The van der Waals surface area contributed by atoms with Crippen LogP contribution in [0, 0.1) is 0 Å². The first-order valence-electron chi connectivity index (χ1n) is 6.33. The highest BCUT2D eigenvalue weighted by Gasteiger charge is 2.31. The molecule has 6 heteroatoms. The lowest BCUT2D eigenvalue weighted by atomic mass is 9.93. The minimum atomic E-state index is -0.907. The number of amides is 1. The van der Waals surface area contributed by atoms with Gasteiger partial charge in [-0.15, -0.1) is 11.3 Å². The van der Waals surface area contributed by atoms with Crippen LogP contribution in [0.5, 0.6) is 0 Å². The predicted octanol–water partition coefficient (Wildman–Crippen LogP) is 2.38. The lowest BCUT2D eigenvalue weighted by Gasteiger charge is -2.24. The van der Waals surface area contributed by atoms with Crippen LogP contribution in [-0.2, 0) is 9.53 Å². The fourth-order valence-electron chi connectivity index (χ4n) is 1.57. The summed E-state index contributed by atoms with van der Waals surface area (Å²) < 4.78 is 4.93. The zero-order valence-corrected chi connectivity index (χ0v) is 12.3. The lowest BCUT2D eigenvalue weighted by molar-refractivity contribution is -0.121. The first-order valence-corrected chi connectivity index (χ1v) is 7.21. The molecule has 1 aromatic rings. The van der Waals surface area contributed by atoms with Gasteiger partial charge >= 0.3 is 5.97 Å². The number of nitrogens with two attached hydrogens (primary N) is 1. The third-order valence-electron chi connectivity index (χ3n) is 3.10. The van der Waals surface area contributed by atoms with Crippen LogP contribution in [0.4, 0.5) is 5.00 Å². The topological polar surface area (TPSA) is 81.4 Å².